The molecule has 1 aromatic carbocycles. The molecule has 30 heavy (non-hydrogen) atoms. The quantitative estimate of drug-likeness (QED) is 0.573. The fourth-order valence-electron chi connectivity index (χ4n) is 3.87. The molecule has 0 unspecified atom stereocenters. The number of likely N-dealkylation sites (N-methyl/N-ethyl adjacent to an activating group) is 1. The summed E-state index contributed by atoms with van der Waals surface area (Å²) in [5.41, 5.74) is 1.68. The van der Waals surface area contributed by atoms with E-state index >= 15 is 0 Å². The lowest BCUT2D eigenvalue weighted by atomic mass is 10.1. The van der Waals surface area contributed by atoms with Gasteiger partial charge in [0, 0.05) is 56.7 Å². The van der Waals surface area contributed by atoms with Gasteiger partial charge in [0.2, 0.25) is 5.91 Å². The summed E-state index contributed by atoms with van der Waals surface area (Å²) >= 11 is 0. The van der Waals surface area contributed by atoms with Crippen LogP contribution in [0.25, 0.3) is 0 Å². The van der Waals surface area contributed by atoms with Crippen LogP contribution in [0.5, 0.6) is 0 Å². The summed E-state index contributed by atoms with van der Waals surface area (Å²) < 4.78 is 6.78. The van der Waals surface area contributed by atoms with E-state index in [2.05, 4.69) is 20.6 Å². The molecular weight excluding hydrogens is 382 g/mol. The molecule has 1 aliphatic rings. The van der Waals surface area contributed by atoms with E-state index in [4.69, 9.17) is 4.74 Å². The second-order valence-electron chi connectivity index (χ2n) is 7.71. The average molecular weight is 414 g/mol. The van der Waals surface area contributed by atoms with Crippen LogP contribution in [0.1, 0.15) is 35.2 Å². The van der Waals surface area contributed by atoms with E-state index in [0.29, 0.717) is 38.2 Å². The van der Waals surface area contributed by atoms with Crippen LogP contribution < -0.4 is 10.6 Å². The van der Waals surface area contributed by atoms with Crippen LogP contribution in [0.2, 0.25) is 0 Å². The SMILES string of the molecule is COCCNC(=O)C[C@H]1CC[C@@H](CNC(=O)c2cccc(Cn3cccn3)c2)N1C. The van der Waals surface area contributed by atoms with Crippen molar-refractivity contribution in [1.82, 2.24) is 25.3 Å². The molecule has 0 aliphatic carbocycles. The molecule has 0 spiro atoms. The molecule has 1 aliphatic heterocycles. The third kappa shape index (κ3) is 6.14. The van der Waals surface area contributed by atoms with Gasteiger partial charge in [0.05, 0.1) is 13.2 Å². The number of carbonyl (C=O) groups excluding carboxylic acids is 2. The van der Waals surface area contributed by atoms with E-state index in [1.54, 1.807) is 13.3 Å². The Kier molecular flexibility index (Phi) is 7.98. The van der Waals surface area contributed by atoms with Crippen LogP contribution in [0.3, 0.4) is 0 Å². The Labute approximate surface area is 177 Å². The summed E-state index contributed by atoms with van der Waals surface area (Å²) in [7, 11) is 3.65. The Morgan fingerprint density at radius 2 is 2.03 bits per heavy atom. The number of hydrogen-bond donors (Lipinski definition) is 2. The van der Waals surface area contributed by atoms with Gasteiger partial charge in [0.15, 0.2) is 0 Å². The first kappa shape index (κ1) is 22.0. The Bertz CT molecular complexity index is 824. The third-order valence-electron chi connectivity index (χ3n) is 5.63. The highest BCUT2D eigenvalue weighted by Gasteiger charge is 2.31. The molecule has 2 atom stereocenters. The van der Waals surface area contributed by atoms with Crippen molar-refractivity contribution in [2.45, 2.75) is 37.9 Å². The zero-order chi connectivity index (χ0) is 21.3. The van der Waals surface area contributed by atoms with E-state index < -0.39 is 0 Å². The number of rotatable bonds is 10. The lowest BCUT2D eigenvalue weighted by Crippen LogP contribution is -2.42. The monoisotopic (exact) mass is 413 g/mol. The van der Waals surface area contributed by atoms with E-state index in [1.807, 2.05) is 48.3 Å². The summed E-state index contributed by atoms with van der Waals surface area (Å²) in [4.78, 5) is 26.9. The highest BCUT2D eigenvalue weighted by Crippen LogP contribution is 2.24. The predicted octanol–water partition coefficient (Wildman–Crippen LogP) is 1.28. The maximum absolute atomic E-state index is 12.6. The van der Waals surface area contributed by atoms with Crippen molar-refractivity contribution in [3.8, 4) is 0 Å². The minimum absolute atomic E-state index is 0.0441. The maximum Gasteiger partial charge on any atom is 0.251 e. The molecule has 2 aromatic rings. The van der Waals surface area contributed by atoms with Gasteiger partial charge in [-0.1, -0.05) is 12.1 Å². The zero-order valence-corrected chi connectivity index (χ0v) is 17.7. The molecule has 1 saturated heterocycles. The summed E-state index contributed by atoms with van der Waals surface area (Å²) in [6, 6.07) is 9.94. The first-order chi connectivity index (χ1) is 14.6. The summed E-state index contributed by atoms with van der Waals surface area (Å²) in [6.45, 7) is 2.25. The summed E-state index contributed by atoms with van der Waals surface area (Å²) in [5, 5.41) is 10.1. The predicted molar refractivity (Wildman–Crippen MR) is 114 cm³/mol. The number of benzene rings is 1. The number of aromatic nitrogens is 2. The number of carbonyl (C=O) groups is 2. The first-order valence-corrected chi connectivity index (χ1v) is 10.4. The van der Waals surface area contributed by atoms with Crippen LogP contribution >= 0.6 is 0 Å². The van der Waals surface area contributed by atoms with Crippen LogP contribution in [-0.2, 0) is 16.1 Å². The van der Waals surface area contributed by atoms with E-state index in [1.165, 1.54) is 0 Å². The van der Waals surface area contributed by atoms with Crippen molar-refractivity contribution in [3.63, 3.8) is 0 Å². The number of hydrogen-bond acceptors (Lipinski definition) is 5. The van der Waals surface area contributed by atoms with Gasteiger partial charge in [0.25, 0.3) is 5.91 Å². The lowest BCUT2D eigenvalue weighted by molar-refractivity contribution is -0.122. The molecular formula is C22H31N5O3. The second-order valence-corrected chi connectivity index (χ2v) is 7.71. The van der Waals surface area contributed by atoms with Crippen molar-refractivity contribution in [2.24, 2.45) is 0 Å². The third-order valence-corrected chi connectivity index (χ3v) is 5.63. The number of nitrogens with one attached hydrogen (secondary N) is 2. The second kappa shape index (κ2) is 10.9. The van der Waals surface area contributed by atoms with Crippen LogP contribution in [0, 0.1) is 0 Å². The Morgan fingerprint density at radius 1 is 1.20 bits per heavy atom. The number of amides is 2. The Morgan fingerprint density at radius 3 is 2.80 bits per heavy atom. The lowest BCUT2D eigenvalue weighted by Gasteiger charge is -2.25. The van der Waals surface area contributed by atoms with Gasteiger partial charge >= 0.3 is 0 Å². The molecule has 2 amide bonds. The highest BCUT2D eigenvalue weighted by molar-refractivity contribution is 5.94. The summed E-state index contributed by atoms with van der Waals surface area (Å²) in [6.07, 6.45) is 6.03. The number of ether oxygens (including phenoxy) is 1. The van der Waals surface area contributed by atoms with Crippen LogP contribution in [0.15, 0.2) is 42.7 Å². The molecule has 3 rings (SSSR count). The van der Waals surface area contributed by atoms with Gasteiger partial charge in [-0.3, -0.25) is 19.2 Å². The van der Waals surface area contributed by atoms with Crippen molar-refractivity contribution in [3.05, 3.63) is 53.9 Å². The van der Waals surface area contributed by atoms with Crippen molar-refractivity contribution < 1.29 is 14.3 Å². The van der Waals surface area contributed by atoms with Gasteiger partial charge in [-0.2, -0.15) is 5.10 Å². The van der Waals surface area contributed by atoms with Gasteiger partial charge in [0.1, 0.15) is 0 Å². The van der Waals surface area contributed by atoms with Gasteiger partial charge in [-0.25, -0.2) is 0 Å². The minimum Gasteiger partial charge on any atom is -0.383 e. The number of likely N-dealkylation sites (tertiary alicyclic amines) is 1. The Hall–Kier alpha value is -2.71. The molecule has 0 bridgehead atoms. The molecule has 1 aromatic heterocycles. The zero-order valence-electron chi connectivity index (χ0n) is 17.7. The minimum atomic E-state index is -0.0773. The molecule has 8 nitrogen and oxygen atoms in total. The topological polar surface area (TPSA) is 88.5 Å². The van der Waals surface area contributed by atoms with E-state index in [0.717, 1.165) is 18.4 Å². The fourth-order valence-corrected chi connectivity index (χ4v) is 3.87. The largest absolute Gasteiger partial charge is 0.383 e. The number of nitrogens with zero attached hydrogens (tertiary/aromatic N) is 3. The molecule has 8 heteroatoms. The number of methoxy groups -OCH3 is 1. The molecule has 2 heterocycles. The maximum atomic E-state index is 12.6. The molecule has 162 valence electrons. The van der Waals surface area contributed by atoms with E-state index in [-0.39, 0.29) is 23.9 Å². The highest BCUT2D eigenvalue weighted by atomic mass is 16.5. The smallest absolute Gasteiger partial charge is 0.251 e. The molecule has 1 fully saturated rings. The van der Waals surface area contributed by atoms with Gasteiger partial charge in [-0.15, -0.1) is 0 Å². The van der Waals surface area contributed by atoms with E-state index in [9.17, 15) is 9.59 Å². The average Bonchev–Trinajstić information content (AvgIpc) is 3.37. The van der Waals surface area contributed by atoms with Crippen molar-refractivity contribution >= 4 is 11.8 Å². The standard InChI is InChI=1S/C22H31N5O3/c1-26-19(14-21(28)23-10-12-30-2)7-8-20(26)15-24-22(29)18-6-3-5-17(13-18)16-27-11-4-9-25-27/h3-6,9,11,13,19-20H,7-8,10,12,14-16H2,1-2H3,(H,23,28)(H,24,29)/t19-,20+/m1/s1. The van der Waals surface area contributed by atoms with Crippen molar-refractivity contribution in [1.29, 1.82) is 0 Å². The molecule has 0 saturated carbocycles. The molecule has 2 N–H and O–H groups in total. The van der Waals surface area contributed by atoms with Gasteiger partial charge in [-0.05, 0) is 43.7 Å². The molecule has 0 radical (unpaired) electrons. The van der Waals surface area contributed by atoms with Gasteiger partial charge < -0.3 is 15.4 Å². The Balaban J connectivity index is 1.46. The normalized spacial score (nSPS) is 19.0. The van der Waals surface area contributed by atoms with Crippen LogP contribution in [-0.4, -0.2) is 72.4 Å². The van der Waals surface area contributed by atoms with Crippen molar-refractivity contribution in [2.75, 3.05) is 33.9 Å². The van der Waals surface area contributed by atoms with Crippen LogP contribution in [0.4, 0.5) is 0 Å². The first-order valence-electron chi connectivity index (χ1n) is 10.4. The summed E-state index contributed by atoms with van der Waals surface area (Å²) in [5.74, 6) is -0.0333. The fraction of sp³-hybridized carbons (Fsp3) is 0.500.